The van der Waals surface area contributed by atoms with Crippen LogP contribution in [0.15, 0.2) is 24.8 Å². The number of hydrogen-bond acceptors (Lipinski definition) is 2. The lowest BCUT2D eigenvalue weighted by molar-refractivity contribution is 0.401. The molecule has 0 atom stereocenters. The van der Waals surface area contributed by atoms with Crippen molar-refractivity contribution in [3.63, 3.8) is 0 Å². The smallest absolute Gasteiger partial charge is 0.126 e. The summed E-state index contributed by atoms with van der Waals surface area (Å²) >= 11 is 0. The molecular formula is C11H14O2. The lowest BCUT2D eigenvalue weighted by Crippen LogP contribution is -1.92. The van der Waals surface area contributed by atoms with Crippen LogP contribution in [0.25, 0.3) is 0 Å². The largest absolute Gasteiger partial charge is 0.508 e. The summed E-state index contributed by atoms with van der Waals surface area (Å²) in [5.74, 6) is 0.995. The maximum atomic E-state index is 9.61. The maximum absolute atomic E-state index is 9.61. The van der Waals surface area contributed by atoms with Crippen molar-refractivity contribution in [3.05, 3.63) is 35.9 Å². The highest BCUT2D eigenvalue weighted by atomic mass is 16.5. The summed E-state index contributed by atoms with van der Waals surface area (Å²) in [6.07, 6.45) is 2.36. The van der Waals surface area contributed by atoms with Crippen molar-refractivity contribution in [1.82, 2.24) is 0 Å². The summed E-state index contributed by atoms with van der Waals surface area (Å²) in [4.78, 5) is 0. The Balaban J connectivity index is 3.20. The number of rotatable bonds is 3. The first-order chi connectivity index (χ1) is 6.19. The number of methoxy groups -OCH3 is 1. The fourth-order valence-corrected chi connectivity index (χ4v) is 1.30. The van der Waals surface area contributed by atoms with Crippen LogP contribution in [-0.2, 0) is 6.42 Å². The van der Waals surface area contributed by atoms with E-state index in [0.29, 0.717) is 6.42 Å². The van der Waals surface area contributed by atoms with Crippen LogP contribution in [0.4, 0.5) is 0 Å². The predicted molar refractivity (Wildman–Crippen MR) is 53.3 cm³/mol. The molecule has 0 bridgehead atoms. The first-order valence-electron chi connectivity index (χ1n) is 4.16. The zero-order chi connectivity index (χ0) is 9.84. The zero-order valence-corrected chi connectivity index (χ0v) is 8.00. The SMILES string of the molecule is C=CCc1c(O)cc(C)cc1OC. The van der Waals surface area contributed by atoms with E-state index >= 15 is 0 Å². The minimum absolute atomic E-state index is 0.275. The molecule has 0 unspecified atom stereocenters. The first-order valence-corrected chi connectivity index (χ1v) is 4.16. The van der Waals surface area contributed by atoms with Gasteiger partial charge in [0.15, 0.2) is 0 Å². The second-order valence-corrected chi connectivity index (χ2v) is 2.96. The molecule has 13 heavy (non-hydrogen) atoms. The van der Waals surface area contributed by atoms with Gasteiger partial charge in [-0.15, -0.1) is 6.58 Å². The highest BCUT2D eigenvalue weighted by Gasteiger charge is 2.07. The van der Waals surface area contributed by atoms with Crippen LogP contribution in [0, 0.1) is 6.92 Å². The number of benzene rings is 1. The maximum Gasteiger partial charge on any atom is 0.126 e. The number of phenols is 1. The van der Waals surface area contributed by atoms with E-state index < -0.39 is 0 Å². The Kier molecular flexibility index (Phi) is 2.96. The highest BCUT2D eigenvalue weighted by molar-refractivity contribution is 5.47. The lowest BCUT2D eigenvalue weighted by atomic mass is 10.1. The molecule has 0 amide bonds. The third-order valence-corrected chi connectivity index (χ3v) is 1.90. The summed E-state index contributed by atoms with van der Waals surface area (Å²) in [6, 6.07) is 3.62. The number of hydrogen-bond donors (Lipinski definition) is 1. The molecule has 1 aromatic rings. The van der Waals surface area contributed by atoms with E-state index in [-0.39, 0.29) is 5.75 Å². The number of aryl methyl sites for hydroxylation is 1. The molecule has 0 spiro atoms. The molecule has 70 valence electrons. The van der Waals surface area contributed by atoms with E-state index in [4.69, 9.17) is 4.74 Å². The van der Waals surface area contributed by atoms with Crippen LogP contribution in [0.5, 0.6) is 11.5 Å². The minimum atomic E-state index is 0.275. The van der Waals surface area contributed by atoms with Crippen molar-refractivity contribution in [1.29, 1.82) is 0 Å². The van der Waals surface area contributed by atoms with Gasteiger partial charge in [0.1, 0.15) is 11.5 Å². The second-order valence-electron chi connectivity index (χ2n) is 2.96. The predicted octanol–water partition coefficient (Wildman–Crippen LogP) is 2.44. The zero-order valence-electron chi connectivity index (χ0n) is 8.00. The molecule has 1 aromatic carbocycles. The molecule has 1 N–H and O–H groups in total. The molecule has 0 radical (unpaired) electrons. The molecule has 0 heterocycles. The summed E-state index contributed by atoms with van der Waals surface area (Å²) in [7, 11) is 1.60. The van der Waals surface area contributed by atoms with Crippen LogP contribution in [-0.4, -0.2) is 12.2 Å². The van der Waals surface area contributed by atoms with E-state index in [0.717, 1.165) is 16.9 Å². The molecule has 0 fully saturated rings. The monoisotopic (exact) mass is 178 g/mol. The molecule has 2 nitrogen and oxygen atoms in total. The van der Waals surface area contributed by atoms with E-state index in [9.17, 15) is 5.11 Å². The molecule has 2 heteroatoms. The van der Waals surface area contributed by atoms with Gasteiger partial charge in [-0.2, -0.15) is 0 Å². The van der Waals surface area contributed by atoms with Gasteiger partial charge in [0.05, 0.1) is 7.11 Å². The molecule has 0 saturated heterocycles. The van der Waals surface area contributed by atoms with E-state index in [1.54, 1.807) is 19.3 Å². The van der Waals surface area contributed by atoms with Crippen LogP contribution in [0.3, 0.4) is 0 Å². The van der Waals surface area contributed by atoms with Gasteiger partial charge in [-0.1, -0.05) is 6.08 Å². The van der Waals surface area contributed by atoms with Crippen molar-refractivity contribution in [2.45, 2.75) is 13.3 Å². The molecule has 0 aliphatic carbocycles. The number of aromatic hydroxyl groups is 1. The quantitative estimate of drug-likeness (QED) is 0.720. The van der Waals surface area contributed by atoms with Crippen LogP contribution in [0.1, 0.15) is 11.1 Å². The van der Waals surface area contributed by atoms with Crippen LogP contribution < -0.4 is 4.74 Å². The summed E-state index contributed by atoms with van der Waals surface area (Å²) in [6.45, 7) is 5.54. The number of phenolic OH excluding ortho intramolecular Hbond substituents is 1. The number of allylic oxidation sites excluding steroid dienone is 1. The Bertz CT molecular complexity index is 316. The van der Waals surface area contributed by atoms with Crippen molar-refractivity contribution < 1.29 is 9.84 Å². The van der Waals surface area contributed by atoms with Gasteiger partial charge in [0.25, 0.3) is 0 Å². The third kappa shape index (κ3) is 2.02. The highest BCUT2D eigenvalue weighted by Crippen LogP contribution is 2.29. The topological polar surface area (TPSA) is 29.5 Å². The van der Waals surface area contributed by atoms with Crippen molar-refractivity contribution in [3.8, 4) is 11.5 Å². The summed E-state index contributed by atoms with van der Waals surface area (Å²) < 4.78 is 5.15. The average Bonchev–Trinajstić information content (AvgIpc) is 2.09. The first kappa shape index (κ1) is 9.65. The number of ether oxygens (including phenoxy) is 1. The Morgan fingerprint density at radius 3 is 2.77 bits per heavy atom. The van der Waals surface area contributed by atoms with E-state index in [1.807, 2.05) is 13.0 Å². The summed E-state index contributed by atoms with van der Waals surface area (Å²) in [5, 5.41) is 9.61. The summed E-state index contributed by atoms with van der Waals surface area (Å²) in [5.41, 5.74) is 1.78. The standard InChI is InChI=1S/C11H14O2/c1-4-5-9-10(12)6-8(2)7-11(9)13-3/h4,6-7,12H,1,5H2,2-3H3. The molecule has 0 aliphatic heterocycles. The minimum Gasteiger partial charge on any atom is -0.508 e. The molecule has 1 rings (SSSR count). The Hall–Kier alpha value is -1.44. The van der Waals surface area contributed by atoms with Gasteiger partial charge in [-0.05, 0) is 31.0 Å². The van der Waals surface area contributed by atoms with Gasteiger partial charge in [0.2, 0.25) is 0 Å². The van der Waals surface area contributed by atoms with E-state index in [1.165, 1.54) is 0 Å². The molecule has 0 aromatic heterocycles. The normalized spacial score (nSPS) is 9.69. The molecular weight excluding hydrogens is 164 g/mol. The van der Waals surface area contributed by atoms with Crippen LogP contribution >= 0.6 is 0 Å². The van der Waals surface area contributed by atoms with Crippen molar-refractivity contribution >= 4 is 0 Å². The van der Waals surface area contributed by atoms with Gasteiger partial charge >= 0.3 is 0 Å². The van der Waals surface area contributed by atoms with Gasteiger partial charge < -0.3 is 9.84 Å². The molecule has 0 saturated carbocycles. The molecule has 0 aliphatic rings. The fraction of sp³-hybridized carbons (Fsp3) is 0.273. The Morgan fingerprint density at radius 1 is 1.54 bits per heavy atom. The van der Waals surface area contributed by atoms with Crippen LogP contribution in [0.2, 0.25) is 0 Å². The second kappa shape index (κ2) is 3.99. The van der Waals surface area contributed by atoms with Gasteiger partial charge in [0, 0.05) is 5.56 Å². The van der Waals surface area contributed by atoms with Gasteiger partial charge in [-0.25, -0.2) is 0 Å². The van der Waals surface area contributed by atoms with Crippen molar-refractivity contribution in [2.24, 2.45) is 0 Å². The lowest BCUT2D eigenvalue weighted by Gasteiger charge is -2.09. The fourth-order valence-electron chi connectivity index (χ4n) is 1.30. The Labute approximate surface area is 78.5 Å². The average molecular weight is 178 g/mol. The van der Waals surface area contributed by atoms with Gasteiger partial charge in [-0.3, -0.25) is 0 Å². The van der Waals surface area contributed by atoms with E-state index in [2.05, 4.69) is 6.58 Å². The third-order valence-electron chi connectivity index (χ3n) is 1.90. The van der Waals surface area contributed by atoms with Crippen molar-refractivity contribution in [2.75, 3.05) is 7.11 Å². The Morgan fingerprint density at radius 2 is 2.23 bits per heavy atom.